The van der Waals surface area contributed by atoms with E-state index in [1.54, 1.807) is 6.20 Å². The van der Waals surface area contributed by atoms with Crippen molar-refractivity contribution < 1.29 is 4.79 Å². The first kappa shape index (κ1) is 14.9. The molecule has 0 aliphatic heterocycles. The van der Waals surface area contributed by atoms with Crippen molar-refractivity contribution >= 4 is 23.7 Å². The third-order valence-corrected chi connectivity index (χ3v) is 4.05. The largest absolute Gasteiger partial charge is 0.325 e. The molecule has 1 aromatic rings. The van der Waals surface area contributed by atoms with Gasteiger partial charge in [-0.1, -0.05) is 43.0 Å². The summed E-state index contributed by atoms with van der Waals surface area (Å²) in [5.74, 6) is 0. The lowest BCUT2D eigenvalue weighted by molar-refractivity contribution is 0.177. The molecule has 0 unspecified atom stereocenters. The molecule has 0 bridgehead atoms. The smallest absolute Gasteiger partial charge is 0.321 e. The highest BCUT2D eigenvalue weighted by Gasteiger charge is 2.21. The van der Waals surface area contributed by atoms with Crippen LogP contribution in [0.3, 0.4) is 0 Å². The topological polar surface area (TPSA) is 32.3 Å². The Morgan fingerprint density at radius 3 is 2.55 bits per heavy atom. The van der Waals surface area contributed by atoms with E-state index < -0.39 is 0 Å². The molecule has 0 radical (unpaired) electrons. The van der Waals surface area contributed by atoms with Crippen molar-refractivity contribution in [1.82, 2.24) is 10.2 Å². The summed E-state index contributed by atoms with van der Waals surface area (Å²) in [4.78, 5) is 13.9. The lowest BCUT2D eigenvalue weighted by Crippen LogP contribution is -2.42. The number of hydrogen-bond acceptors (Lipinski definition) is 1. The van der Waals surface area contributed by atoms with Crippen LogP contribution in [0.15, 0.2) is 30.5 Å². The van der Waals surface area contributed by atoms with Crippen LogP contribution in [-0.4, -0.2) is 24.0 Å². The average molecular weight is 293 g/mol. The van der Waals surface area contributed by atoms with Crippen LogP contribution in [0, 0.1) is 0 Å². The number of urea groups is 1. The molecule has 0 spiro atoms. The maximum Gasteiger partial charge on any atom is 0.321 e. The molecule has 2 rings (SSSR count). The van der Waals surface area contributed by atoms with E-state index in [1.165, 1.54) is 19.3 Å². The van der Waals surface area contributed by atoms with Gasteiger partial charge < -0.3 is 10.2 Å². The molecule has 2 amide bonds. The predicted molar refractivity (Wildman–Crippen MR) is 83.7 cm³/mol. The van der Waals surface area contributed by atoms with Gasteiger partial charge in [-0.3, -0.25) is 0 Å². The first-order chi connectivity index (χ1) is 9.66. The maximum atomic E-state index is 12.0. The Hall–Kier alpha value is -1.48. The van der Waals surface area contributed by atoms with E-state index >= 15 is 0 Å². The third-order valence-electron chi connectivity index (χ3n) is 3.80. The fourth-order valence-corrected chi connectivity index (χ4v) is 2.65. The number of halogens is 1. The van der Waals surface area contributed by atoms with Crippen molar-refractivity contribution in [1.29, 1.82) is 0 Å². The zero-order valence-electron chi connectivity index (χ0n) is 11.8. The molecule has 1 N–H and O–H groups in total. The first-order valence-electron chi connectivity index (χ1n) is 7.12. The van der Waals surface area contributed by atoms with Crippen molar-refractivity contribution in [3.8, 4) is 0 Å². The second-order valence-electron chi connectivity index (χ2n) is 5.24. The molecule has 4 heteroatoms. The van der Waals surface area contributed by atoms with E-state index in [-0.39, 0.29) is 6.03 Å². The Kier molecular flexibility index (Phi) is 5.48. The van der Waals surface area contributed by atoms with Crippen LogP contribution in [0.1, 0.15) is 37.7 Å². The number of amides is 2. The van der Waals surface area contributed by atoms with Crippen LogP contribution in [-0.2, 0) is 0 Å². The minimum atomic E-state index is -0.0397. The Labute approximate surface area is 125 Å². The van der Waals surface area contributed by atoms with Crippen molar-refractivity contribution in [3.63, 3.8) is 0 Å². The average Bonchev–Trinajstić information content (AvgIpc) is 2.49. The van der Waals surface area contributed by atoms with Gasteiger partial charge >= 0.3 is 6.03 Å². The highest BCUT2D eigenvalue weighted by molar-refractivity contribution is 6.30. The normalized spacial score (nSPS) is 16.3. The summed E-state index contributed by atoms with van der Waals surface area (Å²) in [6.07, 6.45) is 9.53. The predicted octanol–water partition coefficient (Wildman–Crippen LogP) is 4.28. The van der Waals surface area contributed by atoms with Gasteiger partial charge in [-0.25, -0.2) is 4.79 Å². The SMILES string of the molecule is CN(C(=O)N/C=C/c1ccc(Cl)cc1)C1CCCCC1. The number of hydrogen-bond donors (Lipinski definition) is 1. The Morgan fingerprint density at radius 1 is 1.25 bits per heavy atom. The Bertz CT molecular complexity index is 464. The molecule has 108 valence electrons. The number of benzene rings is 1. The Morgan fingerprint density at radius 2 is 1.90 bits per heavy atom. The second-order valence-corrected chi connectivity index (χ2v) is 5.67. The maximum absolute atomic E-state index is 12.0. The van der Waals surface area contributed by atoms with E-state index in [1.807, 2.05) is 42.3 Å². The van der Waals surface area contributed by atoms with E-state index in [4.69, 9.17) is 11.6 Å². The molecule has 1 aliphatic rings. The number of nitrogens with one attached hydrogen (secondary N) is 1. The van der Waals surface area contributed by atoms with Gasteiger partial charge in [-0.15, -0.1) is 0 Å². The number of rotatable bonds is 3. The molecule has 3 nitrogen and oxygen atoms in total. The highest BCUT2D eigenvalue weighted by atomic mass is 35.5. The van der Waals surface area contributed by atoms with Crippen molar-refractivity contribution in [2.75, 3.05) is 7.05 Å². The molecular weight excluding hydrogens is 272 g/mol. The third kappa shape index (κ3) is 4.27. The molecule has 1 aliphatic carbocycles. The van der Waals surface area contributed by atoms with Crippen molar-refractivity contribution in [2.45, 2.75) is 38.1 Å². The summed E-state index contributed by atoms with van der Waals surface area (Å²) in [6, 6.07) is 7.83. The van der Waals surface area contributed by atoms with Gasteiger partial charge in [0.25, 0.3) is 0 Å². The van der Waals surface area contributed by atoms with Gasteiger partial charge in [0.05, 0.1) is 0 Å². The van der Waals surface area contributed by atoms with Crippen LogP contribution < -0.4 is 5.32 Å². The van der Waals surface area contributed by atoms with Crippen LogP contribution in [0.4, 0.5) is 4.79 Å². The fraction of sp³-hybridized carbons (Fsp3) is 0.438. The standard InChI is InChI=1S/C16H21ClN2O/c1-19(15-5-3-2-4-6-15)16(20)18-12-11-13-7-9-14(17)10-8-13/h7-12,15H,2-6H2,1H3,(H,18,20)/b12-11+. The van der Waals surface area contributed by atoms with E-state index in [0.29, 0.717) is 11.1 Å². The minimum absolute atomic E-state index is 0.0397. The van der Waals surface area contributed by atoms with Crippen LogP contribution >= 0.6 is 11.6 Å². The number of nitrogens with zero attached hydrogens (tertiary/aromatic N) is 1. The van der Waals surface area contributed by atoms with Gasteiger partial charge in [-0.05, 0) is 36.6 Å². The molecule has 0 heterocycles. The molecule has 1 fully saturated rings. The molecular formula is C16H21ClN2O. The van der Waals surface area contributed by atoms with Crippen LogP contribution in [0.2, 0.25) is 5.02 Å². The van der Waals surface area contributed by atoms with E-state index in [9.17, 15) is 4.79 Å². The van der Waals surface area contributed by atoms with Crippen LogP contribution in [0.5, 0.6) is 0 Å². The summed E-state index contributed by atoms with van der Waals surface area (Å²) in [5.41, 5.74) is 1.01. The van der Waals surface area contributed by atoms with Gasteiger partial charge in [0.1, 0.15) is 0 Å². The lowest BCUT2D eigenvalue weighted by Gasteiger charge is -2.30. The zero-order chi connectivity index (χ0) is 14.4. The monoisotopic (exact) mass is 292 g/mol. The molecule has 0 aromatic heterocycles. The van der Waals surface area contributed by atoms with Gasteiger partial charge in [-0.2, -0.15) is 0 Å². The lowest BCUT2D eigenvalue weighted by atomic mass is 9.95. The summed E-state index contributed by atoms with van der Waals surface area (Å²) in [6.45, 7) is 0. The summed E-state index contributed by atoms with van der Waals surface area (Å²) in [7, 11) is 1.88. The van der Waals surface area contributed by atoms with Crippen molar-refractivity contribution in [2.24, 2.45) is 0 Å². The second kappa shape index (κ2) is 7.34. The van der Waals surface area contributed by atoms with E-state index in [0.717, 1.165) is 18.4 Å². The summed E-state index contributed by atoms with van der Waals surface area (Å²) >= 11 is 5.82. The van der Waals surface area contributed by atoms with Crippen LogP contribution in [0.25, 0.3) is 6.08 Å². The number of carbonyl (C=O) groups is 1. The van der Waals surface area contributed by atoms with E-state index in [2.05, 4.69) is 5.32 Å². The molecule has 20 heavy (non-hydrogen) atoms. The van der Waals surface area contributed by atoms with Gasteiger partial charge in [0, 0.05) is 24.3 Å². The number of carbonyl (C=O) groups excluding carboxylic acids is 1. The van der Waals surface area contributed by atoms with Crippen molar-refractivity contribution in [3.05, 3.63) is 41.1 Å². The first-order valence-corrected chi connectivity index (χ1v) is 7.50. The van der Waals surface area contributed by atoms with Gasteiger partial charge in [0.15, 0.2) is 0 Å². The molecule has 0 atom stereocenters. The minimum Gasteiger partial charge on any atom is -0.325 e. The summed E-state index contributed by atoms with van der Waals surface area (Å²) < 4.78 is 0. The summed E-state index contributed by atoms with van der Waals surface area (Å²) in [5, 5.41) is 3.53. The highest BCUT2D eigenvalue weighted by Crippen LogP contribution is 2.21. The van der Waals surface area contributed by atoms with Gasteiger partial charge in [0.2, 0.25) is 0 Å². The molecule has 1 saturated carbocycles. The fourth-order valence-electron chi connectivity index (χ4n) is 2.52. The molecule has 0 saturated heterocycles. The quantitative estimate of drug-likeness (QED) is 0.886. The molecule has 1 aromatic carbocycles. The zero-order valence-corrected chi connectivity index (χ0v) is 12.6. The Balaban J connectivity index is 1.83.